The zero-order valence-corrected chi connectivity index (χ0v) is 18.9. The third kappa shape index (κ3) is 4.01. The first kappa shape index (κ1) is 23.0. The minimum Gasteiger partial charge on any atom is -0.386 e. The molecule has 0 aliphatic carbocycles. The Morgan fingerprint density at radius 1 is 1.32 bits per heavy atom. The molecule has 8 nitrogen and oxygen atoms in total. The van der Waals surface area contributed by atoms with Crippen molar-refractivity contribution in [2.75, 3.05) is 13.1 Å². The standard InChI is InChI=1S/C21H18ClF3N6O2S/c22-13-7-11(23)1-2-12(13)17-16(14-3-5-31(29-14)20(24)25)15-8-21(32,9-27-33)10-30(15)18(28-17)19-26-4-6-34-19/h1-7,17,20,27,32-33H,8-10H2/t17-,21+/m0/s1. The summed E-state index contributed by atoms with van der Waals surface area (Å²) in [5.74, 6) is -0.0861. The first-order chi connectivity index (χ1) is 16.3. The normalized spacial score (nSPS) is 22.5. The molecule has 1 aromatic carbocycles. The molecular weight excluding hydrogens is 493 g/mol. The quantitative estimate of drug-likeness (QED) is 0.436. The molecule has 0 bridgehead atoms. The van der Waals surface area contributed by atoms with Crippen molar-refractivity contribution in [1.82, 2.24) is 25.1 Å². The van der Waals surface area contributed by atoms with Gasteiger partial charge in [-0.1, -0.05) is 17.7 Å². The van der Waals surface area contributed by atoms with Crippen LogP contribution in [0.3, 0.4) is 0 Å². The van der Waals surface area contributed by atoms with Crippen molar-refractivity contribution in [3.8, 4) is 0 Å². The van der Waals surface area contributed by atoms with Gasteiger partial charge in [0.1, 0.15) is 17.5 Å². The number of amidine groups is 1. The van der Waals surface area contributed by atoms with Crippen LogP contribution in [-0.4, -0.2) is 54.5 Å². The van der Waals surface area contributed by atoms with Crippen LogP contribution in [0.2, 0.25) is 5.02 Å². The average molecular weight is 511 g/mol. The van der Waals surface area contributed by atoms with E-state index in [9.17, 15) is 23.5 Å². The minimum atomic E-state index is -2.85. The molecule has 3 N–H and O–H groups in total. The van der Waals surface area contributed by atoms with E-state index in [1.807, 2.05) is 5.48 Å². The molecule has 13 heteroatoms. The summed E-state index contributed by atoms with van der Waals surface area (Å²) in [6, 6.07) is 4.49. The second-order valence-electron chi connectivity index (χ2n) is 8.00. The lowest BCUT2D eigenvalue weighted by Crippen LogP contribution is -2.43. The number of aliphatic imine (C=N–C) groups is 1. The number of thiazole rings is 1. The monoisotopic (exact) mass is 510 g/mol. The van der Waals surface area contributed by atoms with Gasteiger partial charge in [0, 0.05) is 46.1 Å². The molecular formula is C21H18ClF3N6O2S. The highest BCUT2D eigenvalue weighted by molar-refractivity contribution is 7.11. The van der Waals surface area contributed by atoms with Crippen LogP contribution in [0.1, 0.15) is 35.3 Å². The van der Waals surface area contributed by atoms with Gasteiger partial charge in [0.05, 0.1) is 18.8 Å². The van der Waals surface area contributed by atoms with E-state index in [-0.39, 0.29) is 30.2 Å². The van der Waals surface area contributed by atoms with Gasteiger partial charge in [0.2, 0.25) is 0 Å². The first-order valence-corrected chi connectivity index (χ1v) is 11.4. The summed E-state index contributed by atoms with van der Waals surface area (Å²) < 4.78 is 41.0. The lowest BCUT2D eigenvalue weighted by Gasteiger charge is -2.32. The molecule has 0 amide bonds. The maximum absolute atomic E-state index is 13.8. The number of nitrogens with one attached hydrogen (secondary N) is 1. The fraction of sp³-hybridized carbons (Fsp3) is 0.286. The van der Waals surface area contributed by atoms with E-state index >= 15 is 0 Å². The van der Waals surface area contributed by atoms with E-state index in [1.54, 1.807) is 16.5 Å². The second kappa shape index (κ2) is 8.78. The smallest absolute Gasteiger partial charge is 0.333 e. The number of fused-ring (bicyclic) bond motifs is 1. The number of halogens is 4. The van der Waals surface area contributed by atoms with E-state index in [0.717, 1.165) is 12.3 Å². The van der Waals surface area contributed by atoms with Crippen molar-refractivity contribution in [1.29, 1.82) is 0 Å². The summed E-state index contributed by atoms with van der Waals surface area (Å²) in [5.41, 5.74) is 2.30. The van der Waals surface area contributed by atoms with Gasteiger partial charge < -0.3 is 15.2 Å². The Morgan fingerprint density at radius 3 is 2.79 bits per heavy atom. The molecule has 0 spiro atoms. The van der Waals surface area contributed by atoms with E-state index in [1.165, 1.54) is 29.5 Å². The van der Waals surface area contributed by atoms with Gasteiger partial charge in [-0.15, -0.1) is 11.3 Å². The van der Waals surface area contributed by atoms with Crippen LogP contribution in [0.25, 0.3) is 5.57 Å². The van der Waals surface area contributed by atoms with E-state index in [0.29, 0.717) is 32.4 Å². The summed E-state index contributed by atoms with van der Waals surface area (Å²) in [6.07, 6.45) is 2.83. The summed E-state index contributed by atoms with van der Waals surface area (Å²) in [4.78, 5) is 11.0. The molecule has 5 rings (SSSR count). The van der Waals surface area contributed by atoms with Crippen LogP contribution in [0.5, 0.6) is 0 Å². The van der Waals surface area contributed by atoms with Crippen molar-refractivity contribution in [2.45, 2.75) is 24.6 Å². The molecule has 34 heavy (non-hydrogen) atoms. The fourth-order valence-electron chi connectivity index (χ4n) is 4.31. The Labute approximate surface area is 200 Å². The topological polar surface area (TPSA) is 98.8 Å². The molecule has 2 aliphatic rings. The summed E-state index contributed by atoms with van der Waals surface area (Å²) in [7, 11) is 0. The van der Waals surface area contributed by atoms with Gasteiger partial charge in [-0.05, 0) is 18.2 Å². The number of hydrogen-bond acceptors (Lipinski definition) is 8. The highest BCUT2D eigenvalue weighted by Gasteiger charge is 2.47. The fourth-order valence-corrected chi connectivity index (χ4v) is 5.22. The van der Waals surface area contributed by atoms with Gasteiger partial charge >= 0.3 is 6.55 Å². The molecule has 3 aromatic rings. The molecule has 1 fully saturated rings. The molecule has 4 heterocycles. The molecule has 2 aliphatic heterocycles. The number of aromatic nitrogens is 3. The molecule has 0 saturated carbocycles. The lowest BCUT2D eigenvalue weighted by molar-refractivity contribution is 0.0150. The summed E-state index contributed by atoms with van der Waals surface area (Å²) >= 11 is 7.73. The van der Waals surface area contributed by atoms with Gasteiger partial charge in [0.15, 0.2) is 10.8 Å². The predicted octanol–water partition coefficient (Wildman–Crippen LogP) is 3.86. The van der Waals surface area contributed by atoms with Gasteiger partial charge in [0.25, 0.3) is 0 Å². The zero-order valence-electron chi connectivity index (χ0n) is 17.4. The molecule has 178 valence electrons. The summed E-state index contributed by atoms with van der Waals surface area (Å²) in [6.45, 7) is -2.92. The summed E-state index contributed by atoms with van der Waals surface area (Å²) in [5, 5.41) is 26.9. The largest absolute Gasteiger partial charge is 0.386 e. The Bertz CT molecular complexity index is 1280. The van der Waals surface area contributed by atoms with Crippen LogP contribution >= 0.6 is 22.9 Å². The molecule has 2 atom stereocenters. The second-order valence-corrected chi connectivity index (χ2v) is 9.30. The first-order valence-electron chi connectivity index (χ1n) is 10.2. The van der Waals surface area contributed by atoms with Gasteiger partial charge in [-0.25, -0.2) is 19.5 Å². The number of benzene rings is 1. The number of hydrogen-bond donors (Lipinski definition) is 3. The number of aliphatic hydroxyl groups is 1. The van der Waals surface area contributed by atoms with Crippen LogP contribution in [0.4, 0.5) is 13.2 Å². The van der Waals surface area contributed by atoms with Crippen molar-refractivity contribution in [3.63, 3.8) is 0 Å². The Kier molecular flexibility index (Phi) is 5.94. The Balaban J connectivity index is 1.74. The zero-order chi connectivity index (χ0) is 24.0. The maximum Gasteiger partial charge on any atom is 0.333 e. The van der Waals surface area contributed by atoms with E-state index < -0.39 is 24.0 Å². The third-order valence-corrected chi connectivity index (χ3v) is 6.84. The van der Waals surface area contributed by atoms with E-state index in [4.69, 9.17) is 16.6 Å². The molecule has 0 unspecified atom stereocenters. The van der Waals surface area contributed by atoms with Crippen LogP contribution in [-0.2, 0) is 0 Å². The van der Waals surface area contributed by atoms with Gasteiger partial charge in [-0.2, -0.15) is 13.9 Å². The van der Waals surface area contributed by atoms with Crippen LogP contribution < -0.4 is 5.48 Å². The van der Waals surface area contributed by atoms with E-state index in [2.05, 4.69) is 10.1 Å². The predicted molar refractivity (Wildman–Crippen MR) is 119 cm³/mol. The number of nitrogens with zero attached hydrogens (tertiary/aromatic N) is 5. The highest BCUT2D eigenvalue weighted by Crippen LogP contribution is 2.47. The number of hydroxylamine groups is 1. The van der Waals surface area contributed by atoms with Crippen molar-refractivity contribution >= 4 is 34.3 Å². The van der Waals surface area contributed by atoms with Gasteiger partial charge in [-0.3, -0.25) is 4.99 Å². The Hall–Kier alpha value is -2.77. The maximum atomic E-state index is 13.8. The van der Waals surface area contributed by atoms with Crippen LogP contribution in [0, 0.1) is 5.82 Å². The molecule has 0 radical (unpaired) electrons. The lowest BCUT2D eigenvalue weighted by atomic mass is 9.91. The average Bonchev–Trinajstić information content (AvgIpc) is 3.53. The van der Waals surface area contributed by atoms with Crippen molar-refractivity contribution in [2.24, 2.45) is 4.99 Å². The highest BCUT2D eigenvalue weighted by atomic mass is 35.5. The minimum absolute atomic E-state index is 0.0666. The number of alkyl halides is 2. The number of rotatable bonds is 6. The van der Waals surface area contributed by atoms with Crippen molar-refractivity contribution < 1.29 is 23.5 Å². The third-order valence-electron chi connectivity index (χ3n) is 5.74. The molecule has 2 aromatic heterocycles. The molecule has 1 saturated heterocycles. The SMILES string of the molecule is ONC[C@]1(O)CC2=C(c3ccn(C(F)F)n3)[C@H](c3ccc(F)cc3Cl)N=C(c3nccs3)N2C1. The Morgan fingerprint density at radius 2 is 2.15 bits per heavy atom. The van der Waals surface area contributed by atoms with Crippen LogP contribution in [0.15, 0.2) is 52.7 Å². The van der Waals surface area contributed by atoms with Crippen molar-refractivity contribution in [3.05, 3.63) is 74.8 Å².